The third kappa shape index (κ3) is 2.65. The smallest absolute Gasteiger partial charge is 0.126 e. The predicted molar refractivity (Wildman–Crippen MR) is 89.3 cm³/mol. The number of likely N-dealkylation sites (tertiary alicyclic amines) is 1. The minimum absolute atomic E-state index is 0.0177. The molecule has 0 amide bonds. The largest absolute Gasteiger partial charge is 0.486 e. The first-order chi connectivity index (χ1) is 10.3. The summed E-state index contributed by atoms with van der Waals surface area (Å²) in [6.07, 6.45) is 2.01. The van der Waals surface area contributed by atoms with Gasteiger partial charge in [0.25, 0.3) is 0 Å². The Morgan fingerprint density at radius 2 is 2.00 bits per heavy atom. The van der Waals surface area contributed by atoms with Crippen molar-refractivity contribution in [2.45, 2.75) is 65.2 Å². The van der Waals surface area contributed by atoms with Crippen LogP contribution in [0.25, 0.3) is 0 Å². The monoisotopic (exact) mass is 303 g/mol. The van der Waals surface area contributed by atoms with Crippen LogP contribution < -0.4 is 4.74 Å². The van der Waals surface area contributed by atoms with Gasteiger partial charge in [-0.3, -0.25) is 4.90 Å². The molecule has 1 saturated heterocycles. The lowest BCUT2D eigenvalue weighted by Gasteiger charge is -2.50. The van der Waals surface area contributed by atoms with E-state index in [9.17, 15) is 5.11 Å². The van der Waals surface area contributed by atoms with Gasteiger partial charge in [0.2, 0.25) is 0 Å². The standard InChI is InChI=1S/C19H29NO2/c1-12-7-6-8-20(11-12)18-17(21)16-14(3)9-13(2)10-15(16)22-19(18,4)5/h9-10,12,17-18,21H,6-8,11H2,1-5H3. The average Bonchev–Trinajstić information content (AvgIpc) is 2.35. The molecule has 3 nitrogen and oxygen atoms in total. The van der Waals surface area contributed by atoms with Gasteiger partial charge < -0.3 is 9.84 Å². The Morgan fingerprint density at radius 3 is 2.68 bits per heavy atom. The van der Waals surface area contributed by atoms with Gasteiger partial charge in [-0.2, -0.15) is 0 Å². The van der Waals surface area contributed by atoms with E-state index in [2.05, 4.69) is 51.7 Å². The molecule has 3 rings (SSSR count). The molecule has 2 aliphatic heterocycles. The second-order valence-corrected chi connectivity index (χ2v) is 7.83. The van der Waals surface area contributed by atoms with E-state index in [-0.39, 0.29) is 11.6 Å². The number of benzene rings is 1. The molecule has 3 heteroatoms. The summed E-state index contributed by atoms with van der Waals surface area (Å²) in [6.45, 7) is 12.8. The summed E-state index contributed by atoms with van der Waals surface area (Å²) in [5.41, 5.74) is 2.91. The molecule has 0 radical (unpaired) electrons. The summed E-state index contributed by atoms with van der Waals surface area (Å²) < 4.78 is 6.35. The third-order valence-electron chi connectivity index (χ3n) is 5.26. The van der Waals surface area contributed by atoms with Gasteiger partial charge in [0.05, 0.1) is 6.04 Å². The molecular formula is C19H29NO2. The van der Waals surface area contributed by atoms with Crippen molar-refractivity contribution >= 4 is 0 Å². The number of aliphatic hydroxyl groups excluding tert-OH is 1. The highest BCUT2D eigenvalue weighted by molar-refractivity contribution is 5.47. The minimum Gasteiger partial charge on any atom is -0.486 e. The molecule has 3 atom stereocenters. The van der Waals surface area contributed by atoms with E-state index in [0.717, 1.165) is 30.0 Å². The normalized spacial score (nSPS) is 31.5. The SMILES string of the molecule is Cc1cc(C)c2c(c1)OC(C)(C)C(N1CCCC(C)C1)C2O. The van der Waals surface area contributed by atoms with Crippen LogP contribution in [-0.4, -0.2) is 34.7 Å². The number of piperidine rings is 1. The molecule has 22 heavy (non-hydrogen) atoms. The fraction of sp³-hybridized carbons (Fsp3) is 0.684. The summed E-state index contributed by atoms with van der Waals surface area (Å²) >= 11 is 0. The highest BCUT2D eigenvalue weighted by Gasteiger charge is 2.47. The van der Waals surface area contributed by atoms with Crippen LogP contribution in [-0.2, 0) is 0 Å². The van der Waals surface area contributed by atoms with Gasteiger partial charge >= 0.3 is 0 Å². The van der Waals surface area contributed by atoms with E-state index in [1.165, 1.54) is 18.4 Å². The van der Waals surface area contributed by atoms with Crippen molar-refractivity contribution in [1.82, 2.24) is 4.90 Å². The van der Waals surface area contributed by atoms with E-state index in [1.54, 1.807) is 0 Å². The van der Waals surface area contributed by atoms with Crippen LogP contribution in [0.15, 0.2) is 12.1 Å². The fourth-order valence-corrected chi connectivity index (χ4v) is 4.40. The molecule has 0 aliphatic carbocycles. The highest BCUT2D eigenvalue weighted by atomic mass is 16.5. The van der Waals surface area contributed by atoms with Gasteiger partial charge in [0.1, 0.15) is 17.5 Å². The molecule has 122 valence electrons. The second kappa shape index (κ2) is 5.54. The van der Waals surface area contributed by atoms with E-state index >= 15 is 0 Å². The van der Waals surface area contributed by atoms with Crippen molar-refractivity contribution in [2.75, 3.05) is 13.1 Å². The average molecular weight is 303 g/mol. The van der Waals surface area contributed by atoms with Crippen LogP contribution >= 0.6 is 0 Å². The fourth-order valence-electron chi connectivity index (χ4n) is 4.40. The molecule has 1 aromatic carbocycles. The Morgan fingerprint density at radius 1 is 1.27 bits per heavy atom. The first-order valence-electron chi connectivity index (χ1n) is 8.52. The molecule has 3 unspecified atom stereocenters. The lowest BCUT2D eigenvalue weighted by molar-refractivity contribution is -0.0922. The zero-order chi connectivity index (χ0) is 16.1. The maximum absolute atomic E-state index is 11.1. The molecular weight excluding hydrogens is 274 g/mol. The van der Waals surface area contributed by atoms with Crippen molar-refractivity contribution in [3.05, 3.63) is 28.8 Å². The molecule has 0 aromatic heterocycles. The topological polar surface area (TPSA) is 32.7 Å². The molecule has 2 heterocycles. The van der Waals surface area contributed by atoms with Crippen molar-refractivity contribution in [3.8, 4) is 5.75 Å². The van der Waals surface area contributed by atoms with Gasteiger partial charge in [-0.05, 0) is 70.2 Å². The highest BCUT2D eigenvalue weighted by Crippen LogP contribution is 2.44. The van der Waals surface area contributed by atoms with Crippen LogP contribution in [0.2, 0.25) is 0 Å². The third-order valence-corrected chi connectivity index (χ3v) is 5.26. The maximum atomic E-state index is 11.1. The maximum Gasteiger partial charge on any atom is 0.126 e. The van der Waals surface area contributed by atoms with Gasteiger partial charge in [-0.1, -0.05) is 13.0 Å². The summed E-state index contributed by atoms with van der Waals surface area (Å²) in [6, 6.07) is 4.21. The number of ether oxygens (including phenoxy) is 1. The Labute approximate surface area is 134 Å². The van der Waals surface area contributed by atoms with E-state index < -0.39 is 6.10 Å². The van der Waals surface area contributed by atoms with Gasteiger partial charge in [-0.15, -0.1) is 0 Å². The number of aryl methyl sites for hydroxylation is 2. The second-order valence-electron chi connectivity index (χ2n) is 7.83. The number of nitrogens with zero attached hydrogens (tertiary/aromatic N) is 1. The van der Waals surface area contributed by atoms with Crippen LogP contribution in [0.1, 0.15) is 56.4 Å². The Bertz CT molecular complexity index is 567. The Balaban J connectivity index is 2.00. The van der Waals surface area contributed by atoms with Crippen molar-refractivity contribution in [1.29, 1.82) is 0 Å². The van der Waals surface area contributed by atoms with Gasteiger partial charge in [0, 0.05) is 12.1 Å². The summed E-state index contributed by atoms with van der Waals surface area (Å²) in [5.74, 6) is 1.55. The molecule has 1 aromatic rings. The minimum atomic E-state index is -0.482. The zero-order valence-corrected chi connectivity index (χ0v) is 14.5. The quantitative estimate of drug-likeness (QED) is 0.860. The molecule has 0 spiro atoms. The van der Waals surface area contributed by atoms with Crippen LogP contribution in [0, 0.1) is 19.8 Å². The van der Waals surface area contributed by atoms with Crippen LogP contribution in [0.4, 0.5) is 0 Å². The van der Waals surface area contributed by atoms with Crippen molar-refractivity contribution < 1.29 is 9.84 Å². The molecule has 1 fully saturated rings. The lowest BCUT2D eigenvalue weighted by Crippen LogP contribution is -2.59. The Kier molecular flexibility index (Phi) is 3.98. The summed E-state index contributed by atoms with van der Waals surface area (Å²) in [7, 11) is 0. The zero-order valence-electron chi connectivity index (χ0n) is 14.5. The number of hydrogen-bond acceptors (Lipinski definition) is 3. The summed E-state index contributed by atoms with van der Waals surface area (Å²) in [5, 5.41) is 11.1. The number of hydrogen-bond donors (Lipinski definition) is 1. The number of fused-ring (bicyclic) bond motifs is 1. The van der Waals surface area contributed by atoms with Crippen LogP contribution in [0.3, 0.4) is 0 Å². The van der Waals surface area contributed by atoms with Gasteiger partial charge in [0.15, 0.2) is 0 Å². The molecule has 1 N–H and O–H groups in total. The number of aliphatic hydroxyl groups is 1. The van der Waals surface area contributed by atoms with Crippen molar-refractivity contribution in [3.63, 3.8) is 0 Å². The molecule has 2 aliphatic rings. The van der Waals surface area contributed by atoms with Crippen LogP contribution in [0.5, 0.6) is 5.75 Å². The summed E-state index contributed by atoms with van der Waals surface area (Å²) in [4.78, 5) is 2.45. The van der Waals surface area contributed by atoms with Gasteiger partial charge in [-0.25, -0.2) is 0 Å². The van der Waals surface area contributed by atoms with E-state index in [4.69, 9.17) is 4.74 Å². The molecule has 0 bridgehead atoms. The predicted octanol–water partition coefficient (Wildman–Crippen LogP) is 3.61. The van der Waals surface area contributed by atoms with Crippen molar-refractivity contribution in [2.24, 2.45) is 5.92 Å². The first kappa shape index (κ1) is 15.8. The van der Waals surface area contributed by atoms with E-state index in [1.807, 2.05) is 0 Å². The Hall–Kier alpha value is -1.06. The lowest BCUT2D eigenvalue weighted by atomic mass is 9.81. The molecule has 0 saturated carbocycles. The van der Waals surface area contributed by atoms with E-state index in [0.29, 0.717) is 5.92 Å². The number of rotatable bonds is 1. The first-order valence-corrected chi connectivity index (χ1v) is 8.52.